The van der Waals surface area contributed by atoms with Crippen LogP contribution in [0.3, 0.4) is 0 Å². The molecule has 1 aliphatic rings. The average molecular weight is 229 g/mol. The molecule has 0 bridgehead atoms. The topological polar surface area (TPSA) is 30.5 Å². The van der Waals surface area contributed by atoms with E-state index >= 15 is 0 Å². The van der Waals surface area contributed by atoms with E-state index < -0.39 is 0 Å². The molecule has 0 amide bonds. The number of rotatable bonds is 7. The first-order chi connectivity index (χ1) is 7.74. The highest BCUT2D eigenvalue weighted by molar-refractivity contribution is 4.81. The summed E-state index contributed by atoms with van der Waals surface area (Å²) in [6, 6.07) is 0.554. The van der Waals surface area contributed by atoms with Crippen molar-refractivity contribution in [3.05, 3.63) is 0 Å². The maximum atomic E-state index is 5.51. The van der Waals surface area contributed by atoms with Crippen LogP contribution in [0, 0.1) is 0 Å². The lowest BCUT2D eigenvalue weighted by Crippen LogP contribution is -2.43. The van der Waals surface area contributed by atoms with E-state index in [-0.39, 0.29) is 0 Å². The summed E-state index contributed by atoms with van der Waals surface area (Å²) in [4.78, 5) is 0. The Hall–Kier alpha value is -0.120. The fourth-order valence-electron chi connectivity index (χ4n) is 2.29. The van der Waals surface area contributed by atoms with Crippen molar-refractivity contribution in [2.75, 3.05) is 20.3 Å². The lowest BCUT2D eigenvalue weighted by atomic mass is 9.92. The van der Waals surface area contributed by atoms with Gasteiger partial charge in [-0.05, 0) is 39.7 Å². The zero-order chi connectivity index (χ0) is 11.8. The van der Waals surface area contributed by atoms with Gasteiger partial charge < -0.3 is 14.8 Å². The van der Waals surface area contributed by atoms with Gasteiger partial charge in [0, 0.05) is 19.8 Å². The summed E-state index contributed by atoms with van der Waals surface area (Å²) in [5.74, 6) is 0. The van der Waals surface area contributed by atoms with Crippen molar-refractivity contribution in [3.63, 3.8) is 0 Å². The largest absolute Gasteiger partial charge is 0.380 e. The normalized spacial score (nSPS) is 26.2. The average Bonchev–Trinajstić information content (AvgIpc) is 2.29. The molecule has 96 valence electrons. The molecule has 2 atom stereocenters. The SMILES string of the molecule is COC1CCCCC1NCCCOC(C)C. The van der Waals surface area contributed by atoms with Crippen LogP contribution in [0.2, 0.25) is 0 Å². The van der Waals surface area contributed by atoms with Gasteiger partial charge in [-0.3, -0.25) is 0 Å². The van der Waals surface area contributed by atoms with E-state index in [2.05, 4.69) is 19.2 Å². The summed E-state index contributed by atoms with van der Waals surface area (Å²) in [6.07, 6.45) is 6.96. The first-order valence-corrected chi connectivity index (χ1v) is 6.62. The molecule has 0 aliphatic heterocycles. The molecule has 0 aromatic rings. The molecule has 1 rings (SSSR count). The number of methoxy groups -OCH3 is 1. The Morgan fingerprint density at radius 2 is 2.00 bits per heavy atom. The van der Waals surface area contributed by atoms with Crippen molar-refractivity contribution in [2.45, 2.75) is 64.2 Å². The first-order valence-electron chi connectivity index (χ1n) is 6.62. The fraction of sp³-hybridized carbons (Fsp3) is 1.00. The molecule has 1 saturated carbocycles. The molecule has 0 aromatic carbocycles. The minimum Gasteiger partial charge on any atom is -0.380 e. The second kappa shape index (κ2) is 8.04. The van der Waals surface area contributed by atoms with E-state index in [1.807, 2.05) is 7.11 Å². The van der Waals surface area contributed by atoms with Crippen molar-refractivity contribution in [2.24, 2.45) is 0 Å². The van der Waals surface area contributed by atoms with Gasteiger partial charge in [-0.25, -0.2) is 0 Å². The van der Waals surface area contributed by atoms with Crippen LogP contribution < -0.4 is 5.32 Å². The highest BCUT2D eigenvalue weighted by Gasteiger charge is 2.23. The van der Waals surface area contributed by atoms with Gasteiger partial charge in [-0.1, -0.05) is 12.8 Å². The maximum absolute atomic E-state index is 5.51. The number of hydrogen-bond acceptors (Lipinski definition) is 3. The summed E-state index contributed by atoms with van der Waals surface area (Å²) in [6.45, 7) is 6.05. The second-order valence-corrected chi connectivity index (χ2v) is 4.89. The molecule has 1 aliphatic carbocycles. The van der Waals surface area contributed by atoms with Gasteiger partial charge in [0.1, 0.15) is 0 Å². The molecule has 0 heterocycles. The van der Waals surface area contributed by atoms with E-state index in [0.717, 1.165) is 19.6 Å². The van der Waals surface area contributed by atoms with Crippen LogP contribution in [-0.2, 0) is 9.47 Å². The summed E-state index contributed by atoms with van der Waals surface area (Å²) >= 11 is 0. The molecular formula is C13H27NO2. The Morgan fingerprint density at radius 1 is 1.25 bits per heavy atom. The Kier molecular flexibility index (Phi) is 7.01. The summed E-state index contributed by atoms with van der Waals surface area (Å²) in [5.41, 5.74) is 0. The van der Waals surface area contributed by atoms with Crippen LogP contribution >= 0.6 is 0 Å². The van der Waals surface area contributed by atoms with Crippen LogP contribution in [0.25, 0.3) is 0 Å². The van der Waals surface area contributed by atoms with Gasteiger partial charge in [0.25, 0.3) is 0 Å². The zero-order valence-corrected chi connectivity index (χ0v) is 11.0. The zero-order valence-electron chi connectivity index (χ0n) is 11.0. The third kappa shape index (κ3) is 5.28. The van der Waals surface area contributed by atoms with Crippen LogP contribution in [0.5, 0.6) is 0 Å². The number of nitrogens with one attached hydrogen (secondary N) is 1. The molecule has 1 fully saturated rings. The predicted molar refractivity (Wildman–Crippen MR) is 66.8 cm³/mol. The summed E-state index contributed by atoms with van der Waals surface area (Å²) in [5, 5.41) is 3.59. The third-order valence-electron chi connectivity index (χ3n) is 3.18. The fourth-order valence-corrected chi connectivity index (χ4v) is 2.29. The Labute approximate surface area is 99.9 Å². The number of ether oxygens (including phenoxy) is 2. The maximum Gasteiger partial charge on any atom is 0.0724 e. The Bertz CT molecular complexity index is 173. The van der Waals surface area contributed by atoms with Gasteiger partial charge in [0.05, 0.1) is 12.2 Å². The minimum absolute atomic E-state index is 0.349. The number of hydrogen-bond donors (Lipinski definition) is 1. The lowest BCUT2D eigenvalue weighted by Gasteiger charge is -2.31. The van der Waals surface area contributed by atoms with E-state index in [0.29, 0.717) is 18.2 Å². The highest BCUT2D eigenvalue weighted by atomic mass is 16.5. The Morgan fingerprint density at radius 3 is 2.69 bits per heavy atom. The molecule has 1 N–H and O–H groups in total. The first kappa shape index (κ1) is 13.9. The quantitative estimate of drug-likeness (QED) is 0.680. The lowest BCUT2D eigenvalue weighted by molar-refractivity contribution is 0.0389. The highest BCUT2D eigenvalue weighted by Crippen LogP contribution is 2.20. The molecule has 3 nitrogen and oxygen atoms in total. The third-order valence-corrected chi connectivity index (χ3v) is 3.18. The van der Waals surface area contributed by atoms with Crippen molar-refractivity contribution in [1.82, 2.24) is 5.32 Å². The molecular weight excluding hydrogens is 202 g/mol. The minimum atomic E-state index is 0.349. The van der Waals surface area contributed by atoms with Crippen LogP contribution in [0.1, 0.15) is 46.0 Å². The van der Waals surface area contributed by atoms with Gasteiger partial charge >= 0.3 is 0 Å². The van der Waals surface area contributed by atoms with E-state index in [1.54, 1.807) is 0 Å². The van der Waals surface area contributed by atoms with E-state index in [1.165, 1.54) is 25.7 Å². The predicted octanol–water partition coefficient (Wildman–Crippen LogP) is 2.35. The molecule has 0 radical (unpaired) electrons. The van der Waals surface area contributed by atoms with Crippen molar-refractivity contribution in [1.29, 1.82) is 0 Å². The van der Waals surface area contributed by atoms with Crippen molar-refractivity contribution < 1.29 is 9.47 Å². The van der Waals surface area contributed by atoms with Crippen molar-refractivity contribution in [3.8, 4) is 0 Å². The molecule has 0 spiro atoms. The Balaban J connectivity index is 2.06. The summed E-state index contributed by atoms with van der Waals surface area (Å²) < 4.78 is 11.0. The van der Waals surface area contributed by atoms with Gasteiger partial charge in [-0.2, -0.15) is 0 Å². The van der Waals surface area contributed by atoms with Crippen molar-refractivity contribution >= 4 is 0 Å². The molecule has 0 saturated heterocycles. The van der Waals surface area contributed by atoms with Crippen LogP contribution in [-0.4, -0.2) is 38.5 Å². The van der Waals surface area contributed by atoms with Gasteiger partial charge in [-0.15, -0.1) is 0 Å². The van der Waals surface area contributed by atoms with Crippen LogP contribution in [0.4, 0.5) is 0 Å². The van der Waals surface area contributed by atoms with E-state index in [9.17, 15) is 0 Å². The van der Waals surface area contributed by atoms with Crippen LogP contribution in [0.15, 0.2) is 0 Å². The molecule has 16 heavy (non-hydrogen) atoms. The van der Waals surface area contributed by atoms with E-state index in [4.69, 9.17) is 9.47 Å². The standard InChI is InChI=1S/C13H27NO2/c1-11(2)16-10-6-9-14-12-7-4-5-8-13(12)15-3/h11-14H,4-10H2,1-3H3. The van der Waals surface area contributed by atoms with Gasteiger partial charge in [0.15, 0.2) is 0 Å². The molecule has 0 aromatic heterocycles. The second-order valence-electron chi connectivity index (χ2n) is 4.89. The van der Waals surface area contributed by atoms with Gasteiger partial charge in [0.2, 0.25) is 0 Å². The molecule has 3 heteroatoms. The summed E-state index contributed by atoms with van der Waals surface area (Å²) in [7, 11) is 1.83. The monoisotopic (exact) mass is 229 g/mol. The molecule has 2 unspecified atom stereocenters. The smallest absolute Gasteiger partial charge is 0.0724 e.